The standard InChI is InChI=1S/C46H30N4/c1-4-14-31(15-5-1)39-30-40(48-46(47-39)33-16-6-2-7-17-33)32-24-26-35(27-25-32)49-42-23-13-11-21-38(42)44-43(49)29-28-37-36-20-10-12-22-41(36)50(45(37)44)34-18-8-3-9-19-34/h1-30H. The van der Waals surface area contributed by atoms with E-state index in [-0.39, 0.29) is 0 Å². The first-order valence-electron chi connectivity index (χ1n) is 16.9. The van der Waals surface area contributed by atoms with Crippen LogP contribution in [0.25, 0.3) is 88.9 Å². The summed E-state index contributed by atoms with van der Waals surface area (Å²) >= 11 is 0. The van der Waals surface area contributed by atoms with E-state index in [0.29, 0.717) is 5.82 Å². The second-order valence-electron chi connectivity index (χ2n) is 12.6. The first-order chi connectivity index (χ1) is 24.8. The summed E-state index contributed by atoms with van der Waals surface area (Å²) in [5.74, 6) is 0.714. The van der Waals surface area contributed by atoms with Crippen molar-refractivity contribution >= 4 is 43.6 Å². The van der Waals surface area contributed by atoms with E-state index in [0.717, 1.165) is 39.5 Å². The molecule has 10 aromatic rings. The van der Waals surface area contributed by atoms with Crippen LogP contribution in [0.15, 0.2) is 182 Å². The Kier molecular flexibility index (Phi) is 6.46. The minimum atomic E-state index is 0.714. The lowest BCUT2D eigenvalue weighted by atomic mass is 10.1. The highest BCUT2D eigenvalue weighted by atomic mass is 15.0. The van der Waals surface area contributed by atoms with Gasteiger partial charge < -0.3 is 9.13 Å². The first kappa shape index (κ1) is 28.3. The highest BCUT2D eigenvalue weighted by Crippen LogP contribution is 2.42. The zero-order chi connectivity index (χ0) is 33.0. The lowest BCUT2D eigenvalue weighted by molar-refractivity contribution is 1.17. The number of nitrogens with zero attached hydrogens (tertiary/aromatic N) is 4. The molecule has 0 spiro atoms. The maximum atomic E-state index is 5.06. The van der Waals surface area contributed by atoms with Gasteiger partial charge >= 0.3 is 0 Å². The monoisotopic (exact) mass is 638 g/mol. The minimum Gasteiger partial charge on any atom is -0.309 e. The van der Waals surface area contributed by atoms with Crippen molar-refractivity contribution in [3.63, 3.8) is 0 Å². The second kappa shape index (κ2) is 11.4. The molecule has 0 atom stereocenters. The number of aromatic nitrogens is 4. The van der Waals surface area contributed by atoms with Crippen molar-refractivity contribution in [2.75, 3.05) is 0 Å². The molecular weight excluding hydrogens is 609 g/mol. The summed E-state index contributed by atoms with van der Waals surface area (Å²) in [6, 6.07) is 64.2. The van der Waals surface area contributed by atoms with Crippen LogP contribution in [0.5, 0.6) is 0 Å². The predicted octanol–water partition coefficient (Wildman–Crippen LogP) is 11.7. The summed E-state index contributed by atoms with van der Waals surface area (Å²) in [6.07, 6.45) is 0. The zero-order valence-corrected chi connectivity index (χ0v) is 27.1. The van der Waals surface area contributed by atoms with E-state index in [2.05, 4.69) is 155 Å². The Bertz CT molecular complexity index is 2770. The summed E-state index contributed by atoms with van der Waals surface area (Å²) in [5, 5.41) is 4.98. The first-order valence-corrected chi connectivity index (χ1v) is 16.9. The number of hydrogen-bond acceptors (Lipinski definition) is 2. The Morgan fingerprint density at radius 1 is 0.340 bits per heavy atom. The van der Waals surface area contributed by atoms with E-state index in [1.54, 1.807) is 0 Å². The summed E-state index contributed by atoms with van der Waals surface area (Å²) < 4.78 is 4.82. The Morgan fingerprint density at radius 3 is 1.54 bits per heavy atom. The van der Waals surface area contributed by atoms with E-state index in [1.165, 1.54) is 43.6 Å². The van der Waals surface area contributed by atoms with Gasteiger partial charge in [-0.1, -0.05) is 133 Å². The van der Waals surface area contributed by atoms with Crippen LogP contribution in [0.4, 0.5) is 0 Å². The van der Waals surface area contributed by atoms with Crippen molar-refractivity contribution in [3.05, 3.63) is 182 Å². The molecule has 0 radical (unpaired) electrons. The van der Waals surface area contributed by atoms with Crippen molar-refractivity contribution < 1.29 is 0 Å². The van der Waals surface area contributed by atoms with Crippen molar-refractivity contribution in [2.24, 2.45) is 0 Å². The normalized spacial score (nSPS) is 11.6. The Labute approximate surface area is 289 Å². The molecule has 0 fully saturated rings. The molecule has 3 heterocycles. The van der Waals surface area contributed by atoms with Gasteiger partial charge in [0.1, 0.15) is 0 Å². The quantitative estimate of drug-likeness (QED) is 0.188. The van der Waals surface area contributed by atoms with E-state index < -0.39 is 0 Å². The molecule has 4 nitrogen and oxygen atoms in total. The van der Waals surface area contributed by atoms with Crippen molar-refractivity contribution in [1.29, 1.82) is 0 Å². The van der Waals surface area contributed by atoms with Gasteiger partial charge in [0, 0.05) is 49.6 Å². The molecule has 0 saturated heterocycles. The molecule has 0 aliphatic rings. The highest BCUT2D eigenvalue weighted by Gasteiger charge is 2.20. The molecule has 0 aliphatic heterocycles. The molecule has 10 rings (SSSR count). The highest BCUT2D eigenvalue weighted by molar-refractivity contribution is 6.26. The van der Waals surface area contributed by atoms with Gasteiger partial charge in [-0.25, -0.2) is 9.97 Å². The van der Waals surface area contributed by atoms with Crippen LogP contribution in [-0.2, 0) is 0 Å². The van der Waals surface area contributed by atoms with E-state index in [1.807, 2.05) is 36.4 Å². The van der Waals surface area contributed by atoms with Gasteiger partial charge in [-0.3, -0.25) is 0 Å². The van der Waals surface area contributed by atoms with Crippen LogP contribution in [-0.4, -0.2) is 19.1 Å². The maximum absolute atomic E-state index is 5.06. The zero-order valence-electron chi connectivity index (χ0n) is 27.1. The summed E-state index contributed by atoms with van der Waals surface area (Å²) in [4.78, 5) is 10.0. The van der Waals surface area contributed by atoms with Crippen molar-refractivity contribution in [1.82, 2.24) is 19.1 Å². The Morgan fingerprint density at radius 2 is 0.860 bits per heavy atom. The van der Waals surface area contributed by atoms with Gasteiger partial charge in [0.2, 0.25) is 0 Å². The Hall–Kier alpha value is -6.78. The van der Waals surface area contributed by atoms with Gasteiger partial charge in [-0.2, -0.15) is 0 Å². The molecule has 0 saturated carbocycles. The summed E-state index contributed by atoms with van der Waals surface area (Å²) in [5.41, 5.74) is 11.9. The molecule has 0 bridgehead atoms. The van der Waals surface area contributed by atoms with E-state index in [9.17, 15) is 0 Å². The third-order valence-electron chi connectivity index (χ3n) is 9.73. The van der Waals surface area contributed by atoms with Crippen LogP contribution in [0.2, 0.25) is 0 Å². The van der Waals surface area contributed by atoms with Gasteiger partial charge in [0.05, 0.1) is 33.5 Å². The molecule has 0 amide bonds. The molecule has 0 N–H and O–H groups in total. The van der Waals surface area contributed by atoms with Crippen LogP contribution in [0.3, 0.4) is 0 Å². The number of benzene rings is 7. The molecular formula is C46H30N4. The van der Waals surface area contributed by atoms with E-state index in [4.69, 9.17) is 9.97 Å². The number of para-hydroxylation sites is 3. The Balaban J connectivity index is 1.18. The van der Waals surface area contributed by atoms with Crippen LogP contribution in [0.1, 0.15) is 0 Å². The minimum absolute atomic E-state index is 0.714. The van der Waals surface area contributed by atoms with Gasteiger partial charge in [0.25, 0.3) is 0 Å². The van der Waals surface area contributed by atoms with Crippen LogP contribution in [0, 0.1) is 0 Å². The van der Waals surface area contributed by atoms with Crippen molar-refractivity contribution in [3.8, 4) is 45.3 Å². The smallest absolute Gasteiger partial charge is 0.160 e. The SMILES string of the molecule is c1ccc(-c2cc(-c3ccc(-n4c5ccccc5c5c4ccc4c6ccccc6n(-c6ccccc6)c45)cc3)nc(-c3ccccc3)n2)cc1. The van der Waals surface area contributed by atoms with Crippen molar-refractivity contribution in [2.45, 2.75) is 0 Å². The summed E-state index contributed by atoms with van der Waals surface area (Å²) in [7, 11) is 0. The fourth-order valence-electron chi connectivity index (χ4n) is 7.48. The fourth-order valence-corrected chi connectivity index (χ4v) is 7.48. The largest absolute Gasteiger partial charge is 0.309 e. The molecule has 50 heavy (non-hydrogen) atoms. The molecule has 4 heteroatoms. The molecule has 0 aliphatic carbocycles. The number of rotatable bonds is 5. The third-order valence-corrected chi connectivity index (χ3v) is 9.73. The third kappa shape index (κ3) is 4.46. The second-order valence-corrected chi connectivity index (χ2v) is 12.6. The number of hydrogen-bond donors (Lipinski definition) is 0. The molecule has 234 valence electrons. The van der Waals surface area contributed by atoms with E-state index >= 15 is 0 Å². The summed E-state index contributed by atoms with van der Waals surface area (Å²) in [6.45, 7) is 0. The van der Waals surface area contributed by atoms with Gasteiger partial charge in [0.15, 0.2) is 5.82 Å². The van der Waals surface area contributed by atoms with Gasteiger partial charge in [-0.15, -0.1) is 0 Å². The molecule has 7 aromatic carbocycles. The fraction of sp³-hybridized carbons (Fsp3) is 0. The maximum Gasteiger partial charge on any atom is 0.160 e. The van der Waals surface area contributed by atoms with Crippen LogP contribution >= 0.6 is 0 Å². The van der Waals surface area contributed by atoms with Crippen LogP contribution < -0.4 is 0 Å². The predicted molar refractivity (Wildman–Crippen MR) is 207 cm³/mol. The lowest BCUT2D eigenvalue weighted by Crippen LogP contribution is -1.97. The average Bonchev–Trinajstić information content (AvgIpc) is 3.72. The lowest BCUT2D eigenvalue weighted by Gasteiger charge is -2.12. The number of fused-ring (bicyclic) bond motifs is 7. The molecule has 3 aromatic heterocycles. The molecule has 0 unspecified atom stereocenters. The average molecular weight is 639 g/mol. The topological polar surface area (TPSA) is 35.6 Å². The van der Waals surface area contributed by atoms with Gasteiger partial charge in [-0.05, 0) is 48.5 Å².